The van der Waals surface area contributed by atoms with E-state index in [0.717, 1.165) is 0 Å². The lowest BCUT2D eigenvalue weighted by Crippen LogP contribution is -2.17. The van der Waals surface area contributed by atoms with Crippen molar-refractivity contribution in [2.45, 2.75) is 13.3 Å². The molecule has 2 aromatic rings. The van der Waals surface area contributed by atoms with Crippen LogP contribution in [0.2, 0.25) is 5.02 Å². The van der Waals surface area contributed by atoms with Crippen molar-refractivity contribution in [2.24, 2.45) is 5.10 Å². The Labute approximate surface area is 141 Å². The molecule has 2 rings (SSSR count). The SMILES string of the molecule is C/C(COc1ccc(Cl)cc1)=N\Nc1cccc(OC(F)(F)F)c1. The van der Waals surface area contributed by atoms with E-state index in [2.05, 4.69) is 15.3 Å². The number of nitrogens with zero attached hydrogens (tertiary/aromatic N) is 1. The van der Waals surface area contributed by atoms with Gasteiger partial charge in [-0.15, -0.1) is 13.2 Å². The Kier molecular flexibility index (Phi) is 5.92. The maximum atomic E-state index is 12.2. The van der Waals surface area contributed by atoms with Gasteiger partial charge in [-0.25, -0.2) is 0 Å². The number of hydrogen-bond donors (Lipinski definition) is 1. The summed E-state index contributed by atoms with van der Waals surface area (Å²) in [6.07, 6.45) is -4.73. The van der Waals surface area contributed by atoms with E-state index in [1.54, 1.807) is 37.3 Å². The third-order valence-electron chi connectivity index (χ3n) is 2.70. The van der Waals surface area contributed by atoms with Crippen molar-refractivity contribution in [3.8, 4) is 11.5 Å². The van der Waals surface area contributed by atoms with E-state index in [4.69, 9.17) is 16.3 Å². The Balaban J connectivity index is 1.89. The van der Waals surface area contributed by atoms with E-state index in [-0.39, 0.29) is 12.4 Å². The number of halogens is 4. The highest BCUT2D eigenvalue weighted by molar-refractivity contribution is 6.30. The topological polar surface area (TPSA) is 42.8 Å². The molecule has 0 aliphatic rings. The summed E-state index contributed by atoms with van der Waals surface area (Å²) in [5.41, 5.74) is 3.62. The molecule has 0 radical (unpaired) electrons. The van der Waals surface area contributed by atoms with Crippen molar-refractivity contribution in [1.82, 2.24) is 0 Å². The molecular formula is C16H14ClF3N2O2. The summed E-state index contributed by atoms with van der Waals surface area (Å²) in [6.45, 7) is 1.94. The number of nitrogens with one attached hydrogen (secondary N) is 1. The van der Waals surface area contributed by atoms with Gasteiger partial charge in [0.2, 0.25) is 0 Å². The number of benzene rings is 2. The molecule has 4 nitrogen and oxygen atoms in total. The van der Waals surface area contributed by atoms with Gasteiger partial charge in [0.05, 0.1) is 11.4 Å². The number of anilines is 1. The molecule has 0 aromatic heterocycles. The van der Waals surface area contributed by atoms with Crippen LogP contribution in [0, 0.1) is 0 Å². The Morgan fingerprint density at radius 1 is 1.12 bits per heavy atom. The van der Waals surface area contributed by atoms with Gasteiger partial charge in [-0.3, -0.25) is 5.43 Å². The predicted molar refractivity (Wildman–Crippen MR) is 86.8 cm³/mol. The molecule has 2 aromatic carbocycles. The van der Waals surface area contributed by atoms with Crippen LogP contribution in [-0.4, -0.2) is 18.7 Å². The van der Waals surface area contributed by atoms with Crippen molar-refractivity contribution in [3.05, 3.63) is 53.6 Å². The standard InChI is InChI=1S/C16H14ClF3N2O2/c1-11(10-23-14-7-5-12(17)6-8-14)21-22-13-3-2-4-15(9-13)24-16(18,19)20/h2-9,22H,10H2,1H3/b21-11+. The van der Waals surface area contributed by atoms with Crippen molar-refractivity contribution in [2.75, 3.05) is 12.0 Å². The van der Waals surface area contributed by atoms with Crippen LogP contribution in [0.15, 0.2) is 53.6 Å². The third kappa shape index (κ3) is 6.37. The van der Waals surface area contributed by atoms with E-state index in [1.807, 2.05) is 0 Å². The second-order valence-corrected chi connectivity index (χ2v) is 5.21. The van der Waals surface area contributed by atoms with Crippen LogP contribution in [0.4, 0.5) is 18.9 Å². The highest BCUT2D eigenvalue weighted by Crippen LogP contribution is 2.25. The minimum Gasteiger partial charge on any atom is -0.488 e. The lowest BCUT2D eigenvalue weighted by atomic mass is 10.3. The molecule has 0 heterocycles. The number of ether oxygens (including phenoxy) is 2. The largest absolute Gasteiger partial charge is 0.573 e. The number of rotatable bonds is 6. The van der Waals surface area contributed by atoms with Gasteiger partial charge in [-0.1, -0.05) is 17.7 Å². The van der Waals surface area contributed by atoms with Crippen LogP contribution < -0.4 is 14.9 Å². The molecule has 0 fully saturated rings. The summed E-state index contributed by atoms with van der Waals surface area (Å²) < 4.78 is 45.9. The summed E-state index contributed by atoms with van der Waals surface area (Å²) in [5.74, 6) is 0.312. The molecule has 0 amide bonds. The fraction of sp³-hybridized carbons (Fsp3) is 0.188. The average Bonchev–Trinajstić information content (AvgIpc) is 2.51. The molecule has 8 heteroatoms. The summed E-state index contributed by atoms with van der Waals surface area (Å²) in [4.78, 5) is 0. The molecular weight excluding hydrogens is 345 g/mol. The molecule has 0 unspecified atom stereocenters. The fourth-order valence-electron chi connectivity index (χ4n) is 1.67. The third-order valence-corrected chi connectivity index (χ3v) is 2.96. The van der Waals surface area contributed by atoms with E-state index in [1.165, 1.54) is 18.2 Å². The Hall–Kier alpha value is -2.41. The number of hydrazone groups is 1. The lowest BCUT2D eigenvalue weighted by molar-refractivity contribution is -0.274. The minimum atomic E-state index is -4.73. The van der Waals surface area contributed by atoms with Gasteiger partial charge < -0.3 is 9.47 Å². The van der Waals surface area contributed by atoms with Crippen molar-refractivity contribution >= 4 is 23.0 Å². The van der Waals surface area contributed by atoms with E-state index in [0.29, 0.717) is 22.2 Å². The second-order valence-electron chi connectivity index (χ2n) is 4.78. The zero-order valence-electron chi connectivity index (χ0n) is 12.6. The first kappa shape index (κ1) is 17.9. The summed E-state index contributed by atoms with van der Waals surface area (Å²) in [6, 6.07) is 12.3. The van der Waals surface area contributed by atoms with Crippen LogP contribution in [-0.2, 0) is 0 Å². The fourth-order valence-corrected chi connectivity index (χ4v) is 1.80. The van der Waals surface area contributed by atoms with Gasteiger partial charge in [-0.05, 0) is 43.3 Å². The van der Waals surface area contributed by atoms with Crippen LogP contribution in [0.3, 0.4) is 0 Å². The summed E-state index contributed by atoms with van der Waals surface area (Å²) in [5, 5.41) is 4.65. The lowest BCUT2D eigenvalue weighted by Gasteiger charge is -2.10. The summed E-state index contributed by atoms with van der Waals surface area (Å²) >= 11 is 5.77. The Morgan fingerprint density at radius 2 is 1.83 bits per heavy atom. The molecule has 0 atom stereocenters. The first-order valence-electron chi connectivity index (χ1n) is 6.85. The minimum absolute atomic E-state index is 0.216. The molecule has 128 valence electrons. The van der Waals surface area contributed by atoms with E-state index < -0.39 is 6.36 Å². The average molecular weight is 359 g/mol. The van der Waals surface area contributed by atoms with E-state index in [9.17, 15) is 13.2 Å². The normalized spacial score (nSPS) is 12.0. The predicted octanol–water partition coefficient (Wildman–Crippen LogP) is 5.11. The number of alkyl halides is 3. The molecule has 1 N–H and O–H groups in total. The van der Waals surface area contributed by atoms with Gasteiger partial charge in [0.1, 0.15) is 18.1 Å². The Morgan fingerprint density at radius 3 is 2.50 bits per heavy atom. The maximum Gasteiger partial charge on any atom is 0.573 e. The second kappa shape index (κ2) is 7.92. The van der Waals surface area contributed by atoms with Gasteiger partial charge in [0.25, 0.3) is 0 Å². The molecule has 0 bridgehead atoms. The zero-order chi connectivity index (χ0) is 17.6. The van der Waals surface area contributed by atoms with Gasteiger partial charge in [0, 0.05) is 11.1 Å². The first-order valence-corrected chi connectivity index (χ1v) is 7.23. The van der Waals surface area contributed by atoms with Crippen molar-refractivity contribution in [3.63, 3.8) is 0 Å². The highest BCUT2D eigenvalue weighted by atomic mass is 35.5. The van der Waals surface area contributed by atoms with Crippen molar-refractivity contribution < 1.29 is 22.6 Å². The Bertz CT molecular complexity index is 703. The highest BCUT2D eigenvalue weighted by Gasteiger charge is 2.31. The van der Waals surface area contributed by atoms with Crippen LogP contribution in [0.1, 0.15) is 6.92 Å². The van der Waals surface area contributed by atoms with Gasteiger partial charge in [-0.2, -0.15) is 5.10 Å². The molecule has 0 spiro atoms. The molecule has 0 saturated carbocycles. The van der Waals surface area contributed by atoms with E-state index >= 15 is 0 Å². The molecule has 0 aliphatic carbocycles. The maximum absolute atomic E-state index is 12.2. The molecule has 24 heavy (non-hydrogen) atoms. The van der Waals surface area contributed by atoms with Crippen LogP contribution >= 0.6 is 11.6 Å². The first-order chi connectivity index (χ1) is 11.3. The monoisotopic (exact) mass is 358 g/mol. The van der Waals surface area contributed by atoms with Crippen molar-refractivity contribution in [1.29, 1.82) is 0 Å². The molecule has 0 aliphatic heterocycles. The summed E-state index contributed by atoms with van der Waals surface area (Å²) in [7, 11) is 0. The number of hydrogen-bond acceptors (Lipinski definition) is 4. The smallest absolute Gasteiger partial charge is 0.488 e. The van der Waals surface area contributed by atoms with Gasteiger partial charge in [0.15, 0.2) is 0 Å². The zero-order valence-corrected chi connectivity index (χ0v) is 13.4. The van der Waals surface area contributed by atoms with Crippen LogP contribution in [0.5, 0.6) is 11.5 Å². The quantitative estimate of drug-likeness (QED) is 0.576. The van der Waals surface area contributed by atoms with Gasteiger partial charge >= 0.3 is 6.36 Å². The van der Waals surface area contributed by atoms with Crippen LogP contribution in [0.25, 0.3) is 0 Å². The molecule has 0 saturated heterocycles.